The Morgan fingerprint density at radius 1 is 1.29 bits per heavy atom. The van der Waals surface area contributed by atoms with Gasteiger partial charge in [0, 0.05) is 6.42 Å². The summed E-state index contributed by atoms with van der Waals surface area (Å²) in [5.74, 6) is -2.20. The minimum absolute atomic E-state index is 0.0574. The van der Waals surface area contributed by atoms with Crippen molar-refractivity contribution in [1.82, 2.24) is 5.32 Å². The van der Waals surface area contributed by atoms with Crippen molar-refractivity contribution < 1.29 is 18.0 Å². The zero-order valence-electron chi connectivity index (χ0n) is 8.60. The van der Waals surface area contributed by atoms with E-state index in [0.29, 0.717) is 11.3 Å². The summed E-state index contributed by atoms with van der Waals surface area (Å²) in [5, 5.41) is 1.59. The van der Waals surface area contributed by atoms with Crippen molar-refractivity contribution in [3.05, 3.63) is 45.6 Å². The molecular weight excluding hydrogens is 251 g/mol. The zero-order chi connectivity index (χ0) is 12.4. The van der Waals surface area contributed by atoms with Gasteiger partial charge >= 0.3 is 0 Å². The van der Waals surface area contributed by atoms with Gasteiger partial charge in [-0.1, -0.05) is 0 Å². The number of carbonyl (C=O) groups excluding carboxylic acids is 1. The van der Waals surface area contributed by atoms with E-state index >= 15 is 0 Å². The van der Waals surface area contributed by atoms with Gasteiger partial charge in [-0.05, 0) is 24.6 Å². The van der Waals surface area contributed by atoms with Crippen LogP contribution in [0, 0.1) is 5.13 Å². The molecule has 0 aliphatic heterocycles. The first-order valence-electron chi connectivity index (χ1n) is 4.89. The fourth-order valence-corrected chi connectivity index (χ4v) is 2.05. The first-order chi connectivity index (χ1) is 8.08. The Hall–Kier alpha value is -1.56. The maximum Gasteiger partial charge on any atom is 0.265 e. The zero-order valence-corrected chi connectivity index (χ0v) is 9.41. The van der Waals surface area contributed by atoms with E-state index in [1.807, 2.05) is 0 Å². The number of amides is 1. The molecule has 6 heteroatoms. The fourth-order valence-electron chi connectivity index (χ4n) is 1.42. The third-order valence-electron chi connectivity index (χ3n) is 2.23. The molecule has 0 saturated carbocycles. The Bertz CT molecular complexity index is 519. The molecular formula is C11H8F3NOS. The van der Waals surface area contributed by atoms with Crippen molar-refractivity contribution in [2.45, 2.75) is 12.8 Å². The van der Waals surface area contributed by atoms with Gasteiger partial charge in [-0.2, -0.15) is 4.39 Å². The number of rotatable bonds is 2. The standard InChI is InChI=1S/C11H8F3NOS/c12-6-2-1-3-7(13)10(6)15-11(16)8-4-5-9(14)17-8/h2,4-5H,1,3H2,(H,15,16). The molecule has 0 aromatic carbocycles. The lowest BCUT2D eigenvalue weighted by Gasteiger charge is -2.12. The molecule has 1 aromatic heterocycles. The predicted molar refractivity (Wildman–Crippen MR) is 58.3 cm³/mol. The van der Waals surface area contributed by atoms with Crippen LogP contribution in [0.1, 0.15) is 22.5 Å². The summed E-state index contributed by atoms with van der Waals surface area (Å²) in [6, 6.07) is 2.38. The average Bonchev–Trinajstić information content (AvgIpc) is 2.70. The topological polar surface area (TPSA) is 29.1 Å². The molecule has 1 aromatic rings. The Kier molecular flexibility index (Phi) is 3.33. The Labute approximate surface area is 99.4 Å². The molecule has 0 spiro atoms. The van der Waals surface area contributed by atoms with Crippen LogP contribution in [0.3, 0.4) is 0 Å². The van der Waals surface area contributed by atoms with Gasteiger partial charge in [0.15, 0.2) is 5.13 Å². The van der Waals surface area contributed by atoms with E-state index < -0.39 is 28.4 Å². The molecule has 2 nitrogen and oxygen atoms in total. The smallest absolute Gasteiger partial charge is 0.265 e. The van der Waals surface area contributed by atoms with Gasteiger partial charge < -0.3 is 5.32 Å². The van der Waals surface area contributed by atoms with Crippen molar-refractivity contribution in [3.8, 4) is 0 Å². The summed E-state index contributed by atoms with van der Waals surface area (Å²) in [7, 11) is 0. The number of halogens is 3. The molecule has 1 aliphatic carbocycles. The van der Waals surface area contributed by atoms with E-state index in [-0.39, 0.29) is 17.7 Å². The molecule has 0 atom stereocenters. The van der Waals surface area contributed by atoms with Crippen LogP contribution in [0.25, 0.3) is 0 Å². The Morgan fingerprint density at radius 3 is 2.65 bits per heavy atom. The highest BCUT2D eigenvalue weighted by Gasteiger charge is 2.20. The second-order valence-electron chi connectivity index (χ2n) is 3.43. The maximum absolute atomic E-state index is 13.3. The lowest BCUT2D eigenvalue weighted by atomic mass is 10.1. The van der Waals surface area contributed by atoms with Crippen LogP contribution >= 0.6 is 11.3 Å². The maximum atomic E-state index is 13.3. The third kappa shape index (κ3) is 2.58. The van der Waals surface area contributed by atoms with Gasteiger partial charge in [-0.25, -0.2) is 8.78 Å². The van der Waals surface area contributed by atoms with Gasteiger partial charge in [-0.15, -0.1) is 11.3 Å². The quantitative estimate of drug-likeness (QED) is 0.866. The molecule has 0 saturated heterocycles. The lowest BCUT2D eigenvalue weighted by Crippen LogP contribution is -2.24. The van der Waals surface area contributed by atoms with Crippen molar-refractivity contribution in [3.63, 3.8) is 0 Å². The van der Waals surface area contributed by atoms with E-state index in [1.165, 1.54) is 12.1 Å². The predicted octanol–water partition coefficient (Wildman–Crippen LogP) is 3.45. The second-order valence-corrected chi connectivity index (χ2v) is 4.46. The number of hydrogen-bond acceptors (Lipinski definition) is 2. The molecule has 1 aliphatic rings. The number of hydrogen-bond donors (Lipinski definition) is 1. The van der Waals surface area contributed by atoms with E-state index in [9.17, 15) is 18.0 Å². The number of thiophene rings is 1. The first-order valence-corrected chi connectivity index (χ1v) is 5.71. The molecule has 0 bridgehead atoms. The van der Waals surface area contributed by atoms with E-state index in [0.717, 1.165) is 6.07 Å². The molecule has 0 unspecified atom stereocenters. The van der Waals surface area contributed by atoms with Gasteiger partial charge in [0.1, 0.15) is 17.4 Å². The van der Waals surface area contributed by atoms with Gasteiger partial charge in [0.05, 0.1) is 4.88 Å². The van der Waals surface area contributed by atoms with Crippen LogP contribution < -0.4 is 5.32 Å². The summed E-state index contributed by atoms with van der Waals surface area (Å²) >= 11 is 0.621. The summed E-state index contributed by atoms with van der Waals surface area (Å²) < 4.78 is 39.2. The van der Waals surface area contributed by atoms with Crippen LogP contribution in [0.5, 0.6) is 0 Å². The highest BCUT2D eigenvalue weighted by molar-refractivity contribution is 7.12. The molecule has 17 heavy (non-hydrogen) atoms. The lowest BCUT2D eigenvalue weighted by molar-refractivity contribution is 0.0967. The first kappa shape index (κ1) is 11.9. The molecule has 1 amide bonds. The summed E-state index contributed by atoms with van der Waals surface area (Å²) in [5.41, 5.74) is -0.449. The third-order valence-corrected chi connectivity index (χ3v) is 3.11. The van der Waals surface area contributed by atoms with Gasteiger partial charge in [0.25, 0.3) is 5.91 Å². The summed E-state index contributed by atoms with van der Waals surface area (Å²) in [4.78, 5) is 11.6. The van der Waals surface area contributed by atoms with Crippen LogP contribution in [-0.4, -0.2) is 5.91 Å². The number of carbonyl (C=O) groups is 1. The van der Waals surface area contributed by atoms with Crippen LogP contribution in [0.15, 0.2) is 35.6 Å². The summed E-state index contributed by atoms with van der Waals surface area (Å²) in [6.07, 6.45) is 1.53. The minimum Gasteiger partial charge on any atom is -0.317 e. The van der Waals surface area contributed by atoms with Crippen LogP contribution in [0.2, 0.25) is 0 Å². The normalized spacial score (nSPS) is 15.8. The number of allylic oxidation sites excluding steroid dienone is 3. The van der Waals surface area contributed by atoms with Crippen LogP contribution in [-0.2, 0) is 0 Å². The Balaban J connectivity index is 2.16. The van der Waals surface area contributed by atoms with Crippen molar-refractivity contribution in [2.75, 3.05) is 0 Å². The second kappa shape index (κ2) is 4.75. The van der Waals surface area contributed by atoms with Crippen molar-refractivity contribution >= 4 is 17.2 Å². The highest BCUT2D eigenvalue weighted by atomic mass is 32.1. The minimum atomic E-state index is -0.792. The molecule has 90 valence electrons. The molecule has 0 fully saturated rings. The molecule has 1 heterocycles. The van der Waals surface area contributed by atoms with Gasteiger partial charge in [0.2, 0.25) is 0 Å². The molecule has 2 rings (SSSR count). The summed E-state index contributed by atoms with van der Waals surface area (Å²) in [6.45, 7) is 0. The van der Waals surface area contributed by atoms with E-state index in [2.05, 4.69) is 5.32 Å². The molecule has 0 radical (unpaired) electrons. The van der Waals surface area contributed by atoms with Crippen molar-refractivity contribution in [2.24, 2.45) is 0 Å². The highest BCUT2D eigenvalue weighted by Crippen LogP contribution is 2.25. The monoisotopic (exact) mass is 259 g/mol. The fraction of sp³-hybridized carbons (Fsp3) is 0.182. The Morgan fingerprint density at radius 2 is 2.06 bits per heavy atom. The number of nitrogens with one attached hydrogen (secondary N) is 1. The SMILES string of the molecule is O=C(NC1=C(F)CCC=C1F)c1ccc(F)s1. The largest absolute Gasteiger partial charge is 0.317 e. The van der Waals surface area contributed by atoms with E-state index in [1.54, 1.807) is 0 Å². The van der Waals surface area contributed by atoms with Gasteiger partial charge in [-0.3, -0.25) is 4.79 Å². The van der Waals surface area contributed by atoms with Crippen LogP contribution in [0.4, 0.5) is 13.2 Å². The van der Waals surface area contributed by atoms with Crippen molar-refractivity contribution in [1.29, 1.82) is 0 Å². The average molecular weight is 259 g/mol. The molecule has 1 N–H and O–H groups in total. The van der Waals surface area contributed by atoms with E-state index in [4.69, 9.17) is 0 Å².